The molecule has 0 aromatic carbocycles. The van der Waals surface area contributed by atoms with E-state index in [2.05, 4.69) is 5.32 Å². The van der Waals surface area contributed by atoms with Crippen molar-refractivity contribution < 1.29 is 0 Å². The maximum absolute atomic E-state index is 3.70. The van der Waals surface area contributed by atoms with Crippen LogP contribution in [0.3, 0.4) is 0 Å². The molecule has 1 spiro atoms. The van der Waals surface area contributed by atoms with Gasteiger partial charge in [-0.05, 0) is 49.6 Å². The predicted octanol–water partition coefficient (Wildman–Crippen LogP) is 4.13. The molecule has 0 aromatic rings. The number of hydrogen-bond acceptors (Lipinski definition) is 1. The first kappa shape index (κ1) is 12.0. The van der Waals surface area contributed by atoms with Crippen molar-refractivity contribution in [3.05, 3.63) is 0 Å². The Bertz CT molecular complexity index is 234. The van der Waals surface area contributed by atoms with Crippen LogP contribution in [0.15, 0.2) is 0 Å². The molecule has 1 saturated heterocycles. The van der Waals surface area contributed by atoms with Gasteiger partial charge in [0.25, 0.3) is 0 Å². The highest BCUT2D eigenvalue weighted by Gasteiger charge is 2.44. The molecule has 0 amide bonds. The highest BCUT2D eigenvalue weighted by atomic mass is 14.9. The van der Waals surface area contributed by atoms with Crippen LogP contribution in [0, 0.1) is 17.3 Å². The molecule has 3 fully saturated rings. The lowest BCUT2D eigenvalue weighted by Crippen LogP contribution is -2.47. The van der Waals surface area contributed by atoms with Crippen molar-refractivity contribution in [2.24, 2.45) is 17.3 Å². The highest BCUT2D eigenvalue weighted by Crippen LogP contribution is 2.51. The Morgan fingerprint density at radius 2 is 1.47 bits per heavy atom. The van der Waals surface area contributed by atoms with Crippen LogP contribution >= 0.6 is 0 Å². The molecule has 98 valence electrons. The molecule has 17 heavy (non-hydrogen) atoms. The summed E-state index contributed by atoms with van der Waals surface area (Å²) in [5.74, 6) is 2.10. The molecular weight excluding hydrogens is 206 g/mol. The van der Waals surface area contributed by atoms with Crippen LogP contribution in [-0.4, -0.2) is 13.1 Å². The summed E-state index contributed by atoms with van der Waals surface area (Å²) in [6.07, 6.45) is 16.7. The quantitative estimate of drug-likeness (QED) is 0.720. The zero-order chi connectivity index (χ0) is 11.6. The summed E-state index contributed by atoms with van der Waals surface area (Å²) < 4.78 is 0. The fourth-order valence-corrected chi connectivity index (χ4v) is 5.08. The van der Waals surface area contributed by atoms with E-state index in [1.165, 1.54) is 70.9 Å². The third-order valence-electron chi connectivity index (χ3n) is 6.02. The van der Waals surface area contributed by atoms with Gasteiger partial charge in [0.2, 0.25) is 0 Å². The molecule has 1 N–H and O–H groups in total. The summed E-state index contributed by atoms with van der Waals surface area (Å²) in [6, 6.07) is 0. The van der Waals surface area contributed by atoms with Gasteiger partial charge in [-0.1, -0.05) is 51.4 Å². The molecule has 1 unspecified atom stereocenters. The second-order valence-electron chi connectivity index (χ2n) is 6.88. The van der Waals surface area contributed by atoms with Crippen molar-refractivity contribution in [3.8, 4) is 0 Å². The standard InChI is InChI=1S/C16H29N/c1-2-6-10-16(9-5-1)11-12-17-13-15(16)14-7-3-4-8-14/h14-15,17H,1-13H2. The second-order valence-corrected chi connectivity index (χ2v) is 6.88. The van der Waals surface area contributed by atoms with Crippen molar-refractivity contribution in [3.63, 3.8) is 0 Å². The van der Waals surface area contributed by atoms with Gasteiger partial charge in [0.1, 0.15) is 0 Å². The van der Waals surface area contributed by atoms with Gasteiger partial charge in [0.05, 0.1) is 0 Å². The molecule has 1 heteroatoms. The van der Waals surface area contributed by atoms with Crippen LogP contribution in [0.2, 0.25) is 0 Å². The van der Waals surface area contributed by atoms with Gasteiger partial charge < -0.3 is 5.32 Å². The van der Waals surface area contributed by atoms with Gasteiger partial charge in [-0.15, -0.1) is 0 Å². The molecule has 0 radical (unpaired) electrons. The van der Waals surface area contributed by atoms with Crippen LogP contribution < -0.4 is 5.32 Å². The Morgan fingerprint density at radius 3 is 2.18 bits per heavy atom. The average Bonchev–Trinajstić information content (AvgIpc) is 2.79. The summed E-state index contributed by atoms with van der Waals surface area (Å²) in [4.78, 5) is 0. The number of nitrogens with one attached hydrogen (secondary N) is 1. The largest absolute Gasteiger partial charge is 0.316 e. The van der Waals surface area contributed by atoms with E-state index in [-0.39, 0.29) is 0 Å². The molecule has 1 atom stereocenters. The predicted molar refractivity (Wildman–Crippen MR) is 73.1 cm³/mol. The molecule has 2 saturated carbocycles. The molecule has 1 nitrogen and oxygen atoms in total. The Labute approximate surface area is 107 Å². The van der Waals surface area contributed by atoms with E-state index < -0.39 is 0 Å². The van der Waals surface area contributed by atoms with Gasteiger partial charge >= 0.3 is 0 Å². The maximum Gasteiger partial charge on any atom is -0.00125 e. The fraction of sp³-hybridized carbons (Fsp3) is 1.00. The van der Waals surface area contributed by atoms with Crippen molar-refractivity contribution in [1.82, 2.24) is 5.32 Å². The van der Waals surface area contributed by atoms with Crippen molar-refractivity contribution in [2.75, 3.05) is 13.1 Å². The van der Waals surface area contributed by atoms with E-state index in [1.54, 1.807) is 12.8 Å². The Balaban J connectivity index is 1.76. The lowest BCUT2D eigenvalue weighted by Gasteiger charge is -2.47. The zero-order valence-electron chi connectivity index (χ0n) is 11.3. The summed E-state index contributed by atoms with van der Waals surface area (Å²) in [6.45, 7) is 2.63. The van der Waals surface area contributed by atoms with Crippen molar-refractivity contribution >= 4 is 0 Å². The van der Waals surface area contributed by atoms with Crippen LogP contribution in [0.25, 0.3) is 0 Å². The topological polar surface area (TPSA) is 12.0 Å². The van der Waals surface area contributed by atoms with E-state index in [0.717, 1.165) is 17.3 Å². The summed E-state index contributed by atoms with van der Waals surface area (Å²) >= 11 is 0. The van der Waals surface area contributed by atoms with E-state index >= 15 is 0 Å². The SMILES string of the molecule is C1CCCC2(CC1)CCNCC2C1CCCC1. The van der Waals surface area contributed by atoms with Crippen molar-refractivity contribution in [2.45, 2.75) is 70.6 Å². The molecular formula is C16H29N. The molecule has 2 aliphatic carbocycles. The van der Waals surface area contributed by atoms with E-state index in [4.69, 9.17) is 0 Å². The normalized spacial score (nSPS) is 34.9. The molecule has 3 rings (SSSR count). The van der Waals surface area contributed by atoms with Gasteiger partial charge in [-0.2, -0.15) is 0 Å². The highest BCUT2D eigenvalue weighted by molar-refractivity contribution is 4.96. The lowest BCUT2D eigenvalue weighted by molar-refractivity contribution is 0.0441. The minimum Gasteiger partial charge on any atom is -0.316 e. The molecule has 3 aliphatic rings. The van der Waals surface area contributed by atoms with Crippen LogP contribution in [-0.2, 0) is 0 Å². The Hall–Kier alpha value is -0.0400. The smallest absolute Gasteiger partial charge is 0.00125 e. The van der Waals surface area contributed by atoms with Gasteiger partial charge in [-0.25, -0.2) is 0 Å². The summed E-state index contributed by atoms with van der Waals surface area (Å²) in [5.41, 5.74) is 0.761. The van der Waals surface area contributed by atoms with E-state index in [1.807, 2.05) is 0 Å². The molecule has 1 heterocycles. The Morgan fingerprint density at radius 1 is 0.765 bits per heavy atom. The number of rotatable bonds is 1. The second kappa shape index (κ2) is 5.30. The number of piperidine rings is 1. The molecule has 1 aliphatic heterocycles. The Kier molecular flexibility index (Phi) is 3.75. The first-order chi connectivity index (χ1) is 8.41. The lowest BCUT2D eigenvalue weighted by atomic mass is 9.61. The van der Waals surface area contributed by atoms with Crippen molar-refractivity contribution in [1.29, 1.82) is 0 Å². The van der Waals surface area contributed by atoms with Crippen LogP contribution in [0.1, 0.15) is 70.6 Å². The monoisotopic (exact) mass is 235 g/mol. The molecule has 0 aromatic heterocycles. The van der Waals surface area contributed by atoms with Gasteiger partial charge in [0, 0.05) is 0 Å². The van der Waals surface area contributed by atoms with Gasteiger partial charge in [0.15, 0.2) is 0 Å². The minimum atomic E-state index is 0.761. The maximum atomic E-state index is 3.70. The number of hydrogen-bond donors (Lipinski definition) is 1. The van der Waals surface area contributed by atoms with Crippen LogP contribution in [0.4, 0.5) is 0 Å². The van der Waals surface area contributed by atoms with Gasteiger partial charge in [-0.3, -0.25) is 0 Å². The summed E-state index contributed by atoms with van der Waals surface area (Å²) in [5, 5.41) is 3.70. The summed E-state index contributed by atoms with van der Waals surface area (Å²) in [7, 11) is 0. The third kappa shape index (κ3) is 2.41. The van der Waals surface area contributed by atoms with Crippen LogP contribution in [0.5, 0.6) is 0 Å². The first-order valence-corrected chi connectivity index (χ1v) is 8.11. The molecule has 0 bridgehead atoms. The third-order valence-corrected chi connectivity index (χ3v) is 6.02. The zero-order valence-corrected chi connectivity index (χ0v) is 11.3. The average molecular weight is 235 g/mol. The van der Waals surface area contributed by atoms with E-state index in [9.17, 15) is 0 Å². The fourth-order valence-electron chi connectivity index (χ4n) is 5.08. The minimum absolute atomic E-state index is 0.761. The van der Waals surface area contributed by atoms with E-state index in [0.29, 0.717) is 0 Å². The first-order valence-electron chi connectivity index (χ1n) is 8.11.